The highest BCUT2D eigenvalue weighted by Gasteiger charge is 2.30. The zero-order valence-corrected chi connectivity index (χ0v) is 11.2. The van der Waals surface area contributed by atoms with Crippen LogP contribution in [0.25, 0.3) is 6.08 Å². The number of hydrogen-bond donors (Lipinski definition) is 0. The molecule has 1 aliphatic rings. The molecule has 1 unspecified atom stereocenters. The van der Waals surface area contributed by atoms with Gasteiger partial charge in [-0.15, -0.1) is 0 Å². The summed E-state index contributed by atoms with van der Waals surface area (Å²) in [5.74, 6) is 1.06. The van der Waals surface area contributed by atoms with Gasteiger partial charge in [-0.3, -0.25) is 4.18 Å². The van der Waals surface area contributed by atoms with Crippen LogP contribution in [0, 0.1) is 5.92 Å². The number of benzene rings is 1. The first-order chi connectivity index (χ1) is 8.48. The third kappa shape index (κ3) is 3.85. The molecule has 1 saturated carbocycles. The highest BCUT2D eigenvalue weighted by atomic mass is 32.2. The molecule has 98 valence electrons. The average Bonchev–Trinajstić information content (AvgIpc) is 3.05. The Hall–Kier alpha value is -1.33. The van der Waals surface area contributed by atoms with Crippen LogP contribution in [-0.2, 0) is 14.3 Å². The molecule has 1 fully saturated rings. The standard InChI is InChI=1S/C13H16O4S/c1-16-13-5-3-10(4-6-13)7-11-8-12(11)9-17-18(2,14)15/h3-7,12H,8-9H2,1-2H3/b11-7-. The summed E-state index contributed by atoms with van der Waals surface area (Å²) in [6.07, 6.45) is 4.04. The molecule has 4 nitrogen and oxygen atoms in total. The predicted molar refractivity (Wildman–Crippen MR) is 69.9 cm³/mol. The zero-order chi connectivity index (χ0) is 13.2. The fraction of sp³-hybridized carbons (Fsp3) is 0.385. The van der Waals surface area contributed by atoms with E-state index in [0.717, 1.165) is 24.0 Å². The Kier molecular flexibility index (Phi) is 3.73. The SMILES string of the molecule is COc1ccc(/C=C2/CC2COS(C)(=O)=O)cc1. The van der Waals surface area contributed by atoms with Crippen LogP contribution in [0.1, 0.15) is 12.0 Å². The maximum Gasteiger partial charge on any atom is 0.264 e. The average molecular weight is 268 g/mol. The fourth-order valence-electron chi connectivity index (χ4n) is 1.69. The first-order valence-electron chi connectivity index (χ1n) is 5.67. The lowest BCUT2D eigenvalue weighted by Crippen LogP contribution is -2.05. The molecule has 5 heteroatoms. The van der Waals surface area contributed by atoms with Crippen molar-refractivity contribution in [2.75, 3.05) is 20.0 Å². The van der Waals surface area contributed by atoms with Gasteiger partial charge in [0.25, 0.3) is 10.1 Å². The second-order valence-corrected chi connectivity index (χ2v) is 6.03. The largest absolute Gasteiger partial charge is 0.497 e. The second kappa shape index (κ2) is 5.12. The zero-order valence-electron chi connectivity index (χ0n) is 10.4. The first kappa shape index (κ1) is 13.1. The van der Waals surface area contributed by atoms with E-state index in [-0.39, 0.29) is 12.5 Å². The van der Waals surface area contributed by atoms with Gasteiger partial charge in [-0.05, 0) is 24.1 Å². The van der Waals surface area contributed by atoms with Gasteiger partial charge < -0.3 is 4.74 Å². The summed E-state index contributed by atoms with van der Waals surface area (Å²) < 4.78 is 31.5. The summed E-state index contributed by atoms with van der Waals surface area (Å²) in [6, 6.07) is 7.74. The van der Waals surface area contributed by atoms with Crippen molar-refractivity contribution in [3.63, 3.8) is 0 Å². The Labute approximate surface area is 107 Å². The van der Waals surface area contributed by atoms with E-state index in [1.165, 1.54) is 5.57 Å². The lowest BCUT2D eigenvalue weighted by Gasteiger charge is -1.99. The minimum absolute atomic E-state index is 0.238. The van der Waals surface area contributed by atoms with Crippen molar-refractivity contribution in [2.45, 2.75) is 6.42 Å². The predicted octanol–water partition coefficient (Wildman–Crippen LogP) is 2.07. The Bertz CT molecular complexity index is 543. The molecule has 0 amide bonds. The van der Waals surface area contributed by atoms with Gasteiger partial charge in [0.15, 0.2) is 0 Å². The van der Waals surface area contributed by atoms with Crippen LogP contribution in [-0.4, -0.2) is 28.4 Å². The van der Waals surface area contributed by atoms with Gasteiger partial charge in [-0.2, -0.15) is 8.42 Å². The van der Waals surface area contributed by atoms with Crippen molar-refractivity contribution in [3.05, 3.63) is 35.4 Å². The minimum Gasteiger partial charge on any atom is -0.497 e. The van der Waals surface area contributed by atoms with E-state index in [0.29, 0.717) is 0 Å². The molecule has 0 N–H and O–H groups in total. The van der Waals surface area contributed by atoms with E-state index in [1.54, 1.807) is 7.11 Å². The Morgan fingerprint density at radius 3 is 2.56 bits per heavy atom. The van der Waals surface area contributed by atoms with Gasteiger partial charge in [-0.25, -0.2) is 0 Å². The monoisotopic (exact) mass is 268 g/mol. The van der Waals surface area contributed by atoms with Crippen molar-refractivity contribution in [2.24, 2.45) is 5.92 Å². The molecule has 0 bridgehead atoms. The number of methoxy groups -OCH3 is 1. The topological polar surface area (TPSA) is 52.6 Å². The van der Waals surface area contributed by atoms with Crippen molar-refractivity contribution in [1.29, 1.82) is 0 Å². The summed E-state index contributed by atoms with van der Waals surface area (Å²) in [7, 11) is -1.70. The lowest BCUT2D eigenvalue weighted by molar-refractivity contribution is 0.310. The van der Waals surface area contributed by atoms with Crippen molar-refractivity contribution >= 4 is 16.2 Å². The van der Waals surface area contributed by atoms with Crippen LogP contribution in [0.3, 0.4) is 0 Å². The van der Waals surface area contributed by atoms with Crippen LogP contribution in [0.4, 0.5) is 0 Å². The third-order valence-corrected chi connectivity index (χ3v) is 3.36. The second-order valence-electron chi connectivity index (χ2n) is 4.38. The molecular weight excluding hydrogens is 252 g/mol. The maximum atomic E-state index is 10.8. The summed E-state index contributed by atoms with van der Waals surface area (Å²) in [5.41, 5.74) is 2.32. The molecule has 0 spiro atoms. The molecule has 0 saturated heterocycles. The molecular formula is C13H16O4S. The molecule has 18 heavy (non-hydrogen) atoms. The number of rotatable bonds is 5. The first-order valence-corrected chi connectivity index (χ1v) is 7.48. The summed E-state index contributed by atoms with van der Waals surface area (Å²) in [4.78, 5) is 0. The van der Waals surface area contributed by atoms with Gasteiger partial charge >= 0.3 is 0 Å². The highest BCUT2D eigenvalue weighted by Crippen LogP contribution is 2.39. The van der Waals surface area contributed by atoms with Crippen molar-refractivity contribution < 1.29 is 17.3 Å². The normalized spacial score (nSPS) is 21.0. The molecule has 1 aliphatic carbocycles. The smallest absolute Gasteiger partial charge is 0.264 e. The molecule has 1 atom stereocenters. The Morgan fingerprint density at radius 1 is 1.33 bits per heavy atom. The molecule has 0 radical (unpaired) electrons. The van der Waals surface area contributed by atoms with Gasteiger partial charge in [-0.1, -0.05) is 23.8 Å². The van der Waals surface area contributed by atoms with Crippen LogP contribution >= 0.6 is 0 Å². The van der Waals surface area contributed by atoms with E-state index < -0.39 is 10.1 Å². The summed E-state index contributed by atoms with van der Waals surface area (Å²) >= 11 is 0. The van der Waals surface area contributed by atoms with Crippen molar-refractivity contribution in [3.8, 4) is 5.75 Å². The molecule has 1 aromatic carbocycles. The van der Waals surface area contributed by atoms with E-state index >= 15 is 0 Å². The lowest BCUT2D eigenvalue weighted by atomic mass is 10.2. The molecule has 2 rings (SSSR count). The van der Waals surface area contributed by atoms with Crippen LogP contribution in [0.5, 0.6) is 5.75 Å². The molecule has 1 aromatic rings. The number of hydrogen-bond acceptors (Lipinski definition) is 4. The van der Waals surface area contributed by atoms with Crippen LogP contribution < -0.4 is 4.74 Å². The quantitative estimate of drug-likeness (QED) is 0.767. The Balaban J connectivity index is 1.91. The molecule has 0 heterocycles. The van der Waals surface area contributed by atoms with Gasteiger partial charge in [0, 0.05) is 5.92 Å². The molecule has 0 aliphatic heterocycles. The molecule has 0 aromatic heterocycles. The van der Waals surface area contributed by atoms with Crippen LogP contribution in [0.15, 0.2) is 29.8 Å². The van der Waals surface area contributed by atoms with Gasteiger partial charge in [0.2, 0.25) is 0 Å². The van der Waals surface area contributed by atoms with Crippen molar-refractivity contribution in [1.82, 2.24) is 0 Å². The minimum atomic E-state index is -3.33. The van der Waals surface area contributed by atoms with Gasteiger partial charge in [0.05, 0.1) is 20.0 Å². The number of ether oxygens (including phenoxy) is 1. The highest BCUT2D eigenvalue weighted by molar-refractivity contribution is 7.85. The van der Waals surface area contributed by atoms with E-state index in [2.05, 4.69) is 6.08 Å². The van der Waals surface area contributed by atoms with E-state index in [9.17, 15) is 8.42 Å². The fourth-order valence-corrected chi connectivity index (χ4v) is 2.10. The summed E-state index contributed by atoms with van der Waals surface area (Å²) in [6.45, 7) is 0.251. The van der Waals surface area contributed by atoms with Gasteiger partial charge in [0.1, 0.15) is 5.75 Å². The van der Waals surface area contributed by atoms with E-state index in [1.807, 2.05) is 24.3 Å². The third-order valence-electron chi connectivity index (χ3n) is 2.80. The maximum absolute atomic E-state index is 10.8. The summed E-state index contributed by atoms with van der Waals surface area (Å²) in [5, 5.41) is 0. The van der Waals surface area contributed by atoms with Crippen LogP contribution in [0.2, 0.25) is 0 Å². The Morgan fingerprint density at radius 2 is 2.00 bits per heavy atom. The van der Waals surface area contributed by atoms with E-state index in [4.69, 9.17) is 8.92 Å².